The summed E-state index contributed by atoms with van der Waals surface area (Å²) in [5.74, 6) is -5.67. The number of rotatable bonds is 35. The van der Waals surface area contributed by atoms with Crippen LogP contribution in [-0.2, 0) is 40.0 Å². The third kappa shape index (κ3) is 19.5. The lowest BCUT2D eigenvalue weighted by atomic mass is 10.1. The molecular weight excluding hydrogens is 1070 g/mol. The van der Waals surface area contributed by atoms with Crippen molar-refractivity contribution >= 4 is 85.7 Å². The maximum atomic E-state index is 14.4. The van der Waals surface area contributed by atoms with Crippen molar-refractivity contribution in [3.05, 3.63) is 65.4 Å². The molecule has 1 aromatic heterocycles. The van der Waals surface area contributed by atoms with Crippen LogP contribution < -0.4 is 75.4 Å². The first kappa shape index (κ1) is 64.0. The molecule has 0 spiro atoms. The van der Waals surface area contributed by atoms with Gasteiger partial charge in [0.25, 0.3) is 11.8 Å². The number of carbonyl (C=O) groups is 9. The van der Waals surface area contributed by atoms with Crippen LogP contribution in [0.2, 0.25) is 0 Å². The zero-order valence-electron chi connectivity index (χ0n) is 45.2. The number of nitrogens with one attached hydrogen (secondary N) is 7. The number of pyridine rings is 1. The van der Waals surface area contributed by atoms with E-state index in [2.05, 4.69) is 42.2 Å². The van der Waals surface area contributed by atoms with Crippen LogP contribution in [0.4, 0.5) is 0 Å². The molecule has 6 atom stereocenters. The Morgan fingerprint density at radius 3 is 1.80 bits per heavy atom. The number of amides is 9. The zero-order chi connectivity index (χ0) is 58.0. The van der Waals surface area contributed by atoms with Gasteiger partial charge in [0, 0.05) is 42.1 Å². The first-order chi connectivity index (χ1) is 38.6. The van der Waals surface area contributed by atoms with Gasteiger partial charge in [-0.2, -0.15) is 0 Å². The largest absolute Gasteiger partial charge is 0.454 e. The number of aryl methyl sites for hydroxylation is 1. The predicted octanol–water partition coefficient (Wildman–Crippen LogP) is -0.687. The molecule has 438 valence electrons. The van der Waals surface area contributed by atoms with Crippen LogP contribution in [0.25, 0.3) is 10.9 Å². The van der Waals surface area contributed by atoms with E-state index >= 15 is 0 Å². The van der Waals surface area contributed by atoms with Gasteiger partial charge in [0.1, 0.15) is 36.3 Å². The third-order valence-electron chi connectivity index (χ3n) is 13.2. The minimum Gasteiger partial charge on any atom is -0.454 e. The van der Waals surface area contributed by atoms with Crippen molar-refractivity contribution in [3.63, 3.8) is 0 Å². The Kier molecular flexibility index (Phi) is 27.0. The van der Waals surface area contributed by atoms with Crippen molar-refractivity contribution in [1.82, 2.24) is 47.1 Å². The molecule has 5 rings (SSSR count). The number of carbonyl (C=O) groups excluding carboxylic acids is 9. The topological polar surface area (TPSA) is 403 Å². The standard InChI is InChI=1S/C53H78N14O11S2/c1-2-35-34(26-32-12-3-4-13-36(32)61-35)46(69)64-39(28-45(58)68)49(72)65-40(50(73)62-37(14-5-7-19-54)47(70)59-23-10-21-56)29-79-80-30-41(51(74)63-38(15-6-8-20-55)48(71)60-24-11-22-57)66-52(75)42-16-9-25-67(42)53(76)33-17-18-43-44(27-33)78-31-77-43/h3-4,12-13,17-18,26-27,37-42H,2,5-11,14-16,19-25,28-31,54-57H2,1H3,(H2,58,68)(H,59,70)(H,60,71)(H,62,73)(H,63,74)(H,64,69)(H,65,72)(H,66,75)/t37-,38-,39-,40-,41-,42-/m0/s1. The number of para-hydroxylation sites is 1. The van der Waals surface area contributed by atoms with Gasteiger partial charge in [-0.15, -0.1) is 0 Å². The molecule has 2 aliphatic rings. The van der Waals surface area contributed by atoms with Crippen molar-refractivity contribution < 1.29 is 52.6 Å². The fraction of sp³-hybridized carbons (Fsp3) is 0.547. The fourth-order valence-corrected chi connectivity index (χ4v) is 11.2. The molecule has 3 aromatic rings. The molecule has 0 saturated carbocycles. The number of hydrogen-bond donors (Lipinski definition) is 12. The summed E-state index contributed by atoms with van der Waals surface area (Å²) >= 11 is 0. The number of nitrogens with two attached hydrogens (primary N) is 5. The van der Waals surface area contributed by atoms with Crippen molar-refractivity contribution in [1.29, 1.82) is 0 Å². The average Bonchev–Trinajstić information content (AvgIpc) is 4.15. The molecule has 2 aromatic carbocycles. The number of unbranched alkanes of at least 4 members (excludes halogenated alkanes) is 2. The van der Waals surface area contributed by atoms with Crippen LogP contribution in [0.5, 0.6) is 11.5 Å². The summed E-state index contributed by atoms with van der Waals surface area (Å²) in [6, 6.07) is 6.10. The lowest BCUT2D eigenvalue weighted by molar-refractivity contribution is -0.132. The molecule has 9 amide bonds. The fourth-order valence-electron chi connectivity index (χ4n) is 8.83. The highest BCUT2D eigenvalue weighted by Crippen LogP contribution is 2.34. The van der Waals surface area contributed by atoms with Gasteiger partial charge in [0.05, 0.1) is 23.2 Å². The van der Waals surface area contributed by atoms with E-state index in [0.717, 1.165) is 21.6 Å². The Morgan fingerprint density at radius 2 is 1.21 bits per heavy atom. The second-order valence-corrected chi connectivity index (χ2v) is 21.8. The first-order valence-corrected chi connectivity index (χ1v) is 29.6. The summed E-state index contributed by atoms with van der Waals surface area (Å²) in [7, 11) is 2.06. The SMILES string of the molecule is CCc1nc2ccccc2cc1C(=O)N[C@@H](CC(N)=O)C(=O)N[C@@H](CSSC[C@H](NC(=O)[C@@H]1CCCN1C(=O)c1ccc2c(c1)OCO2)C(=O)N[C@@H](CCCCN)C(=O)NCCCN)C(=O)N[C@@H](CCCCN)C(=O)NCCCN. The monoisotopic (exact) mass is 1150 g/mol. The van der Waals surface area contributed by atoms with Crippen molar-refractivity contribution in [2.24, 2.45) is 28.7 Å². The van der Waals surface area contributed by atoms with Gasteiger partial charge >= 0.3 is 0 Å². The van der Waals surface area contributed by atoms with E-state index in [9.17, 15) is 43.2 Å². The van der Waals surface area contributed by atoms with Crippen molar-refractivity contribution in [2.45, 2.75) is 120 Å². The average molecular weight is 1150 g/mol. The summed E-state index contributed by atoms with van der Waals surface area (Å²) < 4.78 is 10.9. The molecule has 0 bridgehead atoms. The molecule has 2 aliphatic heterocycles. The van der Waals surface area contributed by atoms with Crippen LogP contribution in [0.1, 0.15) is 104 Å². The van der Waals surface area contributed by atoms with E-state index in [1.165, 1.54) is 4.90 Å². The minimum atomic E-state index is -1.58. The molecule has 1 saturated heterocycles. The summed E-state index contributed by atoms with van der Waals surface area (Å²) in [5.41, 5.74) is 30.0. The summed E-state index contributed by atoms with van der Waals surface area (Å²) in [6.07, 6.45) is 3.93. The molecule has 0 unspecified atom stereocenters. The van der Waals surface area contributed by atoms with E-state index in [0.29, 0.717) is 106 Å². The molecule has 27 heteroatoms. The lowest BCUT2D eigenvalue weighted by Crippen LogP contribution is -2.58. The highest BCUT2D eigenvalue weighted by atomic mass is 33.1. The highest BCUT2D eigenvalue weighted by Gasteiger charge is 2.38. The number of benzene rings is 2. The number of aromatic nitrogens is 1. The van der Waals surface area contributed by atoms with Crippen LogP contribution in [0.3, 0.4) is 0 Å². The maximum Gasteiger partial charge on any atom is 0.254 e. The quantitative estimate of drug-likeness (QED) is 0.0256. The van der Waals surface area contributed by atoms with Gasteiger partial charge < -0.3 is 80.3 Å². The van der Waals surface area contributed by atoms with E-state index in [1.807, 2.05) is 13.0 Å². The number of likely N-dealkylation sites (tertiary alicyclic amines) is 1. The normalized spacial score (nSPS) is 15.4. The Balaban J connectivity index is 1.41. The van der Waals surface area contributed by atoms with E-state index in [4.69, 9.17) is 38.1 Å². The van der Waals surface area contributed by atoms with Crippen LogP contribution in [0, 0.1) is 0 Å². The lowest BCUT2D eigenvalue weighted by Gasteiger charge is -2.28. The highest BCUT2D eigenvalue weighted by molar-refractivity contribution is 8.76. The molecule has 1 fully saturated rings. The Morgan fingerprint density at radius 1 is 0.650 bits per heavy atom. The van der Waals surface area contributed by atoms with Crippen molar-refractivity contribution in [3.8, 4) is 11.5 Å². The number of ether oxygens (including phenoxy) is 2. The Hall–Kier alpha value is -6.78. The Labute approximate surface area is 473 Å². The van der Waals surface area contributed by atoms with Crippen LogP contribution in [-0.4, -0.2) is 163 Å². The Bertz CT molecular complexity index is 2620. The van der Waals surface area contributed by atoms with Gasteiger partial charge in [0.15, 0.2) is 11.5 Å². The number of nitrogens with zero attached hydrogens (tertiary/aromatic N) is 2. The summed E-state index contributed by atoms with van der Waals surface area (Å²) in [4.78, 5) is 131. The zero-order valence-corrected chi connectivity index (χ0v) is 46.9. The van der Waals surface area contributed by atoms with Crippen LogP contribution >= 0.6 is 21.6 Å². The van der Waals surface area contributed by atoms with Gasteiger partial charge in [-0.05, 0) is 127 Å². The molecule has 80 heavy (non-hydrogen) atoms. The smallest absolute Gasteiger partial charge is 0.254 e. The maximum absolute atomic E-state index is 14.4. The molecule has 17 N–H and O–H groups in total. The molecule has 25 nitrogen and oxygen atoms in total. The summed E-state index contributed by atoms with van der Waals surface area (Å²) in [6.45, 7) is 3.87. The van der Waals surface area contributed by atoms with E-state index < -0.39 is 95.8 Å². The number of primary amides is 1. The predicted molar refractivity (Wildman–Crippen MR) is 305 cm³/mol. The van der Waals surface area contributed by atoms with Gasteiger partial charge in [-0.25, -0.2) is 0 Å². The van der Waals surface area contributed by atoms with E-state index in [1.54, 1.807) is 42.5 Å². The second-order valence-electron chi connectivity index (χ2n) is 19.2. The third-order valence-corrected chi connectivity index (χ3v) is 15.6. The van der Waals surface area contributed by atoms with E-state index in [-0.39, 0.29) is 68.3 Å². The first-order valence-electron chi connectivity index (χ1n) is 27.1. The summed E-state index contributed by atoms with van der Waals surface area (Å²) in [5, 5.41) is 19.9. The van der Waals surface area contributed by atoms with Gasteiger partial charge in [0.2, 0.25) is 48.1 Å². The second kappa shape index (κ2) is 33.7. The molecule has 3 heterocycles. The minimum absolute atomic E-state index is 0.000445. The molecule has 0 radical (unpaired) electrons. The van der Waals surface area contributed by atoms with Gasteiger partial charge in [-0.1, -0.05) is 46.7 Å². The van der Waals surface area contributed by atoms with Crippen LogP contribution in [0.15, 0.2) is 48.5 Å². The number of fused-ring (bicyclic) bond motifs is 2. The molecular formula is C53H78N14O11S2. The van der Waals surface area contributed by atoms with Crippen molar-refractivity contribution in [2.75, 3.05) is 64.1 Å². The number of hydrogen-bond acceptors (Lipinski definition) is 18. The van der Waals surface area contributed by atoms with Gasteiger partial charge in [-0.3, -0.25) is 48.1 Å². The molecule has 0 aliphatic carbocycles.